The molecule has 0 radical (unpaired) electrons. The largest absolute Gasteiger partial charge is 0.387 e. The Morgan fingerprint density at radius 1 is 0.500 bits per heavy atom. The van der Waals surface area contributed by atoms with Gasteiger partial charge in [0.1, 0.15) is 0 Å². The first-order chi connectivity index (χ1) is 10.1. The van der Waals surface area contributed by atoms with Crippen LogP contribution in [0.1, 0.15) is 0 Å². The molecule has 0 aromatic rings. The third-order valence-corrected chi connectivity index (χ3v) is 2.95. The summed E-state index contributed by atoms with van der Waals surface area (Å²) < 4.78 is 178. The Balaban J connectivity index is 6.42. The van der Waals surface area contributed by atoms with Crippen molar-refractivity contribution in [3.8, 4) is 0 Å². The normalized spacial score (nSPS) is 16.5. The number of hydrogen-bond acceptors (Lipinski definition) is 2. The van der Waals surface area contributed by atoms with Gasteiger partial charge in [-0.2, -0.15) is 61.5 Å². The first kappa shape index (κ1) is 23.3. The molecule has 0 unspecified atom stereocenters. The SMILES string of the molecule is NCC(F)(F)C(F)(F)C(F)(F)C(F)(F)C(F)(F)C(F)(F)C(F)(F)S. The van der Waals surface area contributed by atoms with E-state index in [9.17, 15) is 61.5 Å². The molecule has 0 saturated carbocycles. The molecule has 0 aromatic carbocycles. The third kappa shape index (κ3) is 2.78. The average molecular weight is 413 g/mol. The van der Waals surface area contributed by atoms with E-state index >= 15 is 0 Å². The van der Waals surface area contributed by atoms with Gasteiger partial charge in [0.05, 0.1) is 6.54 Å². The van der Waals surface area contributed by atoms with Crippen molar-refractivity contribution >= 4 is 12.6 Å². The highest BCUT2D eigenvalue weighted by atomic mass is 32.1. The van der Waals surface area contributed by atoms with Gasteiger partial charge >= 0.3 is 40.8 Å². The zero-order valence-electron chi connectivity index (χ0n) is 10.5. The molecular weight excluding hydrogens is 408 g/mol. The molecule has 1 nitrogen and oxygen atoms in total. The Labute approximate surface area is 128 Å². The third-order valence-electron chi connectivity index (χ3n) is 2.67. The molecule has 16 heteroatoms. The molecule has 24 heavy (non-hydrogen) atoms. The Morgan fingerprint density at radius 2 is 0.750 bits per heavy atom. The van der Waals surface area contributed by atoms with Crippen LogP contribution in [0, 0.1) is 0 Å². The summed E-state index contributed by atoms with van der Waals surface area (Å²) in [7, 11) is 0. The Hall–Kier alpha value is -0.670. The fraction of sp³-hybridized carbons (Fsp3) is 1.00. The van der Waals surface area contributed by atoms with E-state index in [-0.39, 0.29) is 0 Å². The summed E-state index contributed by atoms with van der Waals surface area (Å²) in [6.07, 6.45) is 0. The second-order valence-corrected chi connectivity index (χ2v) is 4.88. The van der Waals surface area contributed by atoms with Crippen LogP contribution in [0.25, 0.3) is 0 Å². The molecule has 0 fully saturated rings. The minimum Gasteiger partial charge on any atom is -0.325 e. The molecule has 2 N–H and O–H groups in total. The van der Waals surface area contributed by atoms with Gasteiger partial charge in [-0.25, -0.2) is 0 Å². The molecule has 0 aromatic heterocycles. The van der Waals surface area contributed by atoms with E-state index in [0.717, 1.165) is 0 Å². The van der Waals surface area contributed by atoms with E-state index < -0.39 is 47.3 Å². The second kappa shape index (κ2) is 5.67. The molecule has 0 spiro atoms. The molecule has 0 bridgehead atoms. The molecule has 0 rings (SSSR count). The van der Waals surface area contributed by atoms with E-state index in [1.54, 1.807) is 0 Å². The first-order valence-electron chi connectivity index (χ1n) is 5.13. The molecule has 146 valence electrons. The van der Waals surface area contributed by atoms with Crippen LogP contribution in [0.5, 0.6) is 0 Å². The fourth-order valence-corrected chi connectivity index (χ4v) is 1.28. The van der Waals surface area contributed by atoms with Gasteiger partial charge in [0.25, 0.3) is 0 Å². The Kier molecular flexibility index (Phi) is 5.51. The van der Waals surface area contributed by atoms with Crippen LogP contribution in [0.4, 0.5) is 61.5 Å². The molecule has 0 aliphatic rings. The van der Waals surface area contributed by atoms with Gasteiger partial charge < -0.3 is 5.73 Å². The minimum absolute atomic E-state index is 1.51. The highest BCUT2D eigenvalue weighted by molar-refractivity contribution is 7.81. The van der Waals surface area contributed by atoms with Crippen LogP contribution >= 0.6 is 12.6 Å². The quantitative estimate of drug-likeness (QED) is 0.473. The van der Waals surface area contributed by atoms with Gasteiger partial charge in [-0.3, -0.25) is 0 Å². The van der Waals surface area contributed by atoms with Gasteiger partial charge in [0, 0.05) is 0 Å². The maximum absolute atomic E-state index is 13.0. The molecule has 0 aliphatic carbocycles. The maximum Gasteiger partial charge on any atom is 0.387 e. The van der Waals surface area contributed by atoms with Crippen LogP contribution in [0.2, 0.25) is 0 Å². The lowest BCUT2D eigenvalue weighted by Gasteiger charge is -2.41. The number of thiol groups is 1. The first-order valence-corrected chi connectivity index (χ1v) is 5.58. The van der Waals surface area contributed by atoms with Crippen LogP contribution in [0.3, 0.4) is 0 Å². The van der Waals surface area contributed by atoms with Crippen molar-refractivity contribution in [3.05, 3.63) is 0 Å². The van der Waals surface area contributed by atoms with E-state index in [1.807, 2.05) is 0 Å². The smallest absolute Gasteiger partial charge is 0.325 e. The maximum atomic E-state index is 13.0. The van der Waals surface area contributed by atoms with Crippen molar-refractivity contribution in [2.24, 2.45) is 5.73 Å². The molecule has 0 atom stereocenters. The van der Waals surface area contributed by atoms with Crippen molar-refractivity contribution in [1.29, 1.82) is 0 Å². The number of hydrogen-bond donors (Lipinski definition) is 2. The molecule has 0 amide bonds. The predicted octanol–water partition coefficient (Wildman–Crippen LogP) is 4.28. The fourth-order valence-electron chi connectivity index (χ4n) is 1.14. The topological polar surface area (TPSA) is 26.0 Å². The summed E-state index contributed by atoms with van der Waals surface area (Å²) in [5, 5.41) is -6.40. The zero-order chi connectivity index (χ0) is 20.2. The van der Waals surface area contributed by atoms with E-state index in [2.05, 4.69) is 5.73 Å². The van der Waals surface area contributed by atoms with Crippen LogP contribution in [-0.4, -0.2) is 47.3 Å². The highest BCUT2D eigenvalue weighted by Crippen LogP contribution is 2.62. The van der Waals surface area contributed by atoms with Gasteiger partial charge in [-0.1, -0.05) is 12.6 Å². The highest BCUT2D eigenvalue weighted by Gasteiger charge is 2.92. The van der Waals surface area contributed by atoms with Gasteiger partial charge in [-0.15, -0.1) is 0 Å². The minimum atomic E-state index is -8.06. The van der Waals surface area contributed by atoms with Gasteiger partial charge in [-0.05, 0) is 0 Å². The van der Waals surface area contributed by atoms with Crippen molar-refractivity contribution in [3.63, 3.8) is 0 Å². The Morgan fingerprint density at radius 3 is 1.00 bits per heavy atom. The number of halogens is 14. The monoisotopic (exact) mass is 413 g/mol. The lowest BCUT2D eigenvalue weighted by molar-refractivity contribution is -0.433. The molecular formula is C8H5F14NS. The van der Waals surface area contributed by atoms with Crippen LogP contribution < -0.4 is 5.73 Å². The molecule has 0 heterocycles. The molecule has 0 aliphatic heterocycles. The Bertz CT molecular complexity index is 466. The van der Waals surface area contributed by atoms with Crippen molar-refractivity contribution < 1.29 is 61.5 Å². The predicted molar refractivity (Wildman–Crippen MR) is 52.7 cm³/mol. The lowest BCUT2D eigenvalue weighted by atomic mass is 9.91. The van der Waals surface area contributed by atoms with Crippen molar-refractivity contribution in [2.45, 2.75) is 40.8 Å². The lowest BCUT2D eigenvalue weighted by Crippen LogP contribution is -2.73. The standard InChI is InChI=1S/C8H5F14NS/c9-2(10,1-23)3(11,12)4(13,14)5(15,16)6(17,18)7(19,20)8(21,22)24/h24H,1,23H2. The molecule has 0 saturated heterocycles. The summed E-state index contributed by atoms with van der Waals surface area (Å²) in [6, 6.07) is 0. The second-order valence-electron chi connectivity index (χ2n) is 4.32. The summed E-state index contributed by atoms with van der Waals surface area (Å²) >= 11 is 1.51. The zero-order valence-corrected chi connectivity index (χ0v) is 11.4. The summed E-state index contributed by atoms with van der Waals surface area (Å²) in [4.78, 5) is 0. The average Bonchev–Trinajstić information content (AvgIpc) is 2.36. The van der Waals surface area contributed by atoms with Crippen LogP contribution in [0.15, 0.2) is 0 Å². The van der Waals surface area contributed by atoms with Crippen molar-refractivity contribution in [2.75, 3.05) is 6.54 Å². The van der Waals surface area contributed by atoms with Gasteiger partial charge in [0.15, 0.2) is 0 Å². The summed E-state index contributed by atoms with van der Waals surface area (Å²) in [5.41, 5.74) is 3.92. The summed E-state index contributed by atoms with van der Waals surface area (Å²) in [6.45, 7) is -2.78. The summed E-state index contributed by atoms with van der Waals surface area (Å²) in [5.74, 6) is -45.0. The van der Waals surface area contributed by atoms with Crippen LogP contribution in [-0.2, 0) is 0 Å². The number of nitrogens with two attached hydrogens (primary N) is 1. The number of alkyl halides is 14. The van der Waals surface area contributed by atoms with Crippen molar-refractivity contribution in [1.82, 2.24) is 0 Å². The number of rotatable bonds is 7. The van der Waals surface area contributed by atoms with Gasteiger partial charge in [0.2, 0.25) is 0 Å². The van der Waals surface area contributed by atoms with E-state index in [1.165, 1.54) is 12.6 Å². The van der Waals surface area contributed by atoms with E-state index in [0.29, 0.717) is 0 Å². The van der Waals surface area contributed by atoms with E-state index in [4.69, 9.17) is 0 Å².